The maximum Gasteiger partial charge on any atom is 0.573 e. The van der Waals surface area contributed by atoms with E-state index in [-0.39, 0.29) is 18.7 Å². The SMILES string of the molecule is N#CCc1nc(I)c(CN)cc1OC(F)(F)F. The zero-order chi connectivity index (χ0) is 13.1. The van der Waals surface area contributed by atoms with Crippen LogP contribution in [0.25, 0.3) is 0 Å². The molecule has 0 fully saturated rings. The van der Waals surface area contributed by atoms with Gasteiger partial charge in [-0.3, -0.25) is 0 Å². The molecule has 0 bridgehead atoms. The predicted molar refractivity (Wildman–Crippen MR) is 60.8 cm³/mol. The van der Waals surface area contributed by atoms with Crippen molar-refractivity contribution in [2.75, 3.05) is 0 Å². The largest absolute Gasteiger partial charge is 0.573 e. The Bertz CT molecular complexity index is 456. The number of hydrogen-bond donors (Lipinski definition) is 1. The molecule has 0 radical (unpaired) electrons. The highest BCUT2D eigenvalue weighted by atomic mass is 127. The Morgan fingerprint density at radius 3 is 2.65 bits per heavy atom. The molecule has 1 aromatic heterocycles. The van der Waals surface area contributed by atoms with Crippen LogP contribution >= 0.6 is 22.6 Å². The third kappa shape index (κ3) is 4.01. The first kappa shape index (κ1) is 14.0. The van der Waals surface area contributed by atoms with E-state index in [9.17, 15) is 13.2 Å². The molecule has 0 saturated heterocycles. The number of ether oxygens (including phenoxy) is 1. The smallest absolute Gasteiger partial charge is 0.404 e. The summed E-state index contributed by atoms with van der Waals surface area (Å²) in [7, 11) is 0. The van der Waals surface area contributed by atoms with Crippen LogP contribution < -0.4 is 10.5 Å². The Balaban J connectivity index is 3.20. The summed E-state index contributed by atoms with van der Waals surface area (Å²) in [4.78, 5) is 3.88. The van der Waals surface area contributed by atoms with Crippen LogP contribution in [0.1, 0.15) is 11.3 Å². The molecule has 1 heterocycles. The van der Waals surface area contributed by atoms with Gasteiger partial charge in [-0.2, -0.15) is 5.26 Å². The van der Waals surface area contributed by atoms with E-state index in [4.69, 9.17) is 11.0 Å². The Morgan fingerprint density at radius 2 is 2.18 bits per heavy atom. The van der Waals surface area contributed by atoms with E-state index < -0.39 is 12.1 Å². The van der Waals surface area contributed by atoms with Crippen LogP contribution in [0.15, 0.2) is 6.07 Å². The molecular formula is C9H7F3IN3O. The number of pyridine rings is 1. The van der Waals surface area contributed by atoms with Gasteiger partial charge in [0.05, 0.1) is 18.2 Å². The summed E-state index contributed by atoms with van der Waals surface area (Å²) in [5.41, 5.74) is 5.75. The number of nitriles is 1. The van der Waals surface area contributed by atoms with Gasteiger partial charge in [0.25, 0.3) is 0 Å². The van der Waals surface area contributed by atoms with Crippen molar-refractivity contribution < 1.29 is 17.9 Å². The average molecular weight is 357 g/mol. The summed E-state index contributed by atoms with van der Waals surface area (Å²) in [5.74, 6) is -0.472. The minimum absolute atomic E-state index is 0.0479. The third-order valence-corrected chi connectivity index (χ3v) is 2.71. The second-order valence-electron chi connectivity index (χ2n) is 2.97. The lowest BCUT2D eigenvalue weighted by Crippen LogP contribution is -2.19. The second-order valence-corrected chi connectivity index (χ2v) is 3.99. The molecule has 1 aromatic rings. The Labute approximate surface area is 109 Å². The summed E-state index contributed by atoms with van der Waals surface area (Å²) in [6.07, 6.45) is -5.07. The highest BCUT2D eigenvalue weighted by Crippen LogP contribution is 2.28. The maximum absolute atomic E-state index is 12.1. The normalized spacial score (nSPS) is 11.1. The molecule has 0 saturated carbocycles. The first-order valence-electron chi connectivity index (χ1n) is 4.38. The highest BCUT2D eigenvalue weighted by molar-refractivity contribution is 14.1. The van der Waals surface area contributed by atoms with E-state index in [0.717, 1.165) is 6.07 Å². The van der Waals surface area contributed by atoms with Crippen molar-refractivity contribution in [3.63, 3.8) is 0 Å². The van der Waals surface area contributed by atoms with Crippen molar-refractivity contribution in [2.24, 2.45) is 5.73 Å². The number of hydrogen-bond acceptors (Lipinski definition) is 4. The predicted octanol–water partition coefficient (Wildman–Crippen LogP) is 2.11. The standard InChI is InChI=1S/C9H7F3IN3O/c10-9(11,12)17-7-3-5(4-15)8(13)16-6(7)1-2-14/h3H,1,4,15H2. The van der Waals surface area contributed by atoms with Gasteiger partial charge in [0.15, 0.2) is 5.75 Å². The fraction of sp³-hybridized carbons (Fsp3) is 0.333. The quantitative estimate of drug-likeness (QED) is 0.665. The molecule has 17 heavy (non-hydrogen) atoms. The van der Waals surface area contributed by atoms with Gasteiger partial charge in [0, 0.05) is 12.1 Å². The number of halogens is 4. The van der Waals surface area contributed by atoms with E-state index >= 15 is 0 Å². The summed E-state index contributed by atoms with van der Waals surface area (Å²) < 4.78 is 40.7. The first-order chi connectivity index (χ1) is 7.87. The molecule has 0 spiro atoms. The topological polar surface area (TPSA) is 71.9 Å². The molecule has 0 atom stereocenters. The summed E-state index contributed by atoms with van der Waals surface area (Å²) in [6.45, 7) is 0.0479. The van der Waals surface area contributed by atoms with Crippen molar-refractivity contribution in [1.29, 1.82) is 5.26 Å². The molecule has 0 aromatic carbocycles. The summed E-state index contributed by atoms with van der Waals surface area (Å²) in [5, 5.41) is 8.51. The zero-order valence-electron chi connectivity index (χ0n) is 8.38. The van der Waals surface area contributed by atoms with Crippen molar-refractivity contribution in [1.82, 2.24) is 4.98 Å². The van der Waals surface area contributed by atoms with E-state index in [1.807, 2.05) is 22.6 Å². The monoisotopic (exact) mass is 357 g/mol. The van der Waals surface area contributed by atoms with E-state index in [0.29, 0.717) is 9.26 Å². The molecule has 0 amide bonds. The van der Waals surface area contributed by atoms with Crippen molar-refractivity contribution >= 4 is 22.6 Å². The first-order valence-corrected chi connectivity index (χ1v) is 5.46. The summed E-state index contributed by atoms with van der Waals surface area (Å²) in [6, 6.07) is 2.89. The number of alkyl halides is 3. The number of rotatable bonds is 3. The van der Waals surface area contributed by atoms with Crippen LogP contribution in [0.3, 0.4) is 0 Å². The van der Waals surface area contributed by atoms with Gasteiger partial charge in [0.2, 0.25) is 0 Å². The molecule has 0 aliphatic rings. The lowest BCUT2D eigenvalue weighted by Gasteiger charge is -2.13. The highest BCUT2D eigenvalue weighted by Gasteiger charge is 2.32. The molecule has 0 unspecified atom stereocenters. The van der Waals surface area contributed by atoms with Gasteiger partial charge in [0.1, 0.15) is 3.70 Å². The number of aromatic nitrogens is 1. The van der Waals surface area contributed by atoms with Crippen LogP contribution in [0, 0.1) is 15.0 Å². The van der Waals surface area contributed by atoms with Crippen LogP contribution in [0.4, 0.5) is 13.2 Å². The van der Waals surface area contributed by atoms with E-state index in [1.54, 1.807) is 6.07 Å². The zero-order valence-corrected chi connectivity index (χ0v) is 10.5. The third-order valence-electron chi connectivity index (χ3n) is 1.78. The lowest BCUT2D eigenvalue weighted by molar-refractivity contribution is -0.275. The molecule has 2 N–H and O–H groups in total. The van der Waals surface area contributed by atoms with Crippen LogP contribution in [-0.2, 0) is 13.0 Å². The number of nitrogens with zero attached hydrogens (tertiary/aromatic N) is 2. The van der Waals surface area contributed by atoms with Gasteiger partial charge < -0.3 is 10.5 Å². The summed E-state index contributed by atoms with van der Waals surface area (Å²) >= 11 is 1.84. The Kier molecular flexibility index (Phi) is 4.53. The van der Waals surface area contributed by atoms with Crippen LogP contribution in [0.5, 0.6) is 5.75 Å². The molecular weight excluding hydrogens is 350 g/mol. The van der Waals surface area contributed by atoms with Crippen LogP contribution in [-0.4, -0.2) is 11.3 Å². The van der Waals surface area contributed by atoms with Crippen LogP contribution in [0.2, 0.25) is 0 Å². The van der Waals surface area contributed by atoms with Crippen molar-refractivity contribution in [3.8, 4) is 11.8 Å². The minimum Gasteiger partial charge on any atom is -0.404 e. The van der Waals surface area contributed by atoms with E-state index in [1.165, 1.54) is 0 Å². The van der Waals surface area contributed by atoms with Gasteiger partial charge in [-0.25, -0.2) is 4.98 Å². The molecule has 92 valence electrons. The van der Waals surface area contributed by atoms with Crippen molar-refractivity contribution in [2.45, 2.75) is 19.3 Å². The van der Waals surface area contributed by atoms with Gasteiger partial charge in [-0.05, 0) is 28.7 Å². The van der Waals surface area contributed by atoms with Crippen molar-refractivity contribution in [3.05, 3.63) is 21.0 Å². The average Bonchev–Trinajstić information content (AvgIpc) is 2.20. The molecule has 8 heteroatoms. The maximum atomic E-state index is 12.1. The Morgan fingerprint density at radius 1 is 1.53 bits per heavy atom. The molecule has 1 rings (SSSR count). The fourth-order valence-corrected chi connectivity index (χ4v) is 1.77. The van der Waals surface area contributed by atoms with Gasteiger partial charge in [-0.1, -0.05) is 0 Å². The van der Waals surface area contributed by atoms with Gasteiger partial charge in [-0.15, -0.1) is 13.2 Å². The fourth-order valence-electron chi connectivity index (χ4n) is 1.10. The molecule has 0 aliphatic heterocycles. The number of nitrogens with two attached hydrogens (primary N) is 1. The lowest BCUT2D eigenvalue weighted by atomic mass is 10.2. The second kappa shape index (κ2) is 5.50. The Hall–Kier alpha value is -1.08. The molecule has 4 nitrogen and oxygen atoms in total. The van der Waals surface area contributed by atoms with E-state index in [2.05, 4.69) is 9.72 Å². The van der Waals surface area contributed by atoms with Gasteiger partial charge >= 0.3 is 6.36 Å². The molecule has 0 aliphatic carbocycles. The minimum atomic E-state index is -4.81.